The first-order valence-electron chi connectivity index (χ1n) is 8.15. The van der Waals surface area contributed by atoms with E-state index >= 15 is 0 Å². The third-order valence-electron chi connectivity index (χ3n) is 4.43. The minimum atomic E-state index is 0.593. The number of aromatic nitrogens is 2. The number of fused-ring (bicyclic) bond motifs is 2. The van der Waals surface area contributed by atoms with Crippen LogP contribution in [0.2, 0.25) is 0 Å². The van der Waals surface area contributed by atoms with Gasteiger partial charge in [0.1, 0.15) is 19.0 Å². The number of anilines is 1. The van der Waals surface area contributed by atoms with E-state index in [1.165, 1.54) is 10.4 Å². The van der Waals surface area contributed by atoms with E-state index in [-0.39, 0.29) is 0 Å². The lowest BCUT2D eigenvalue weighted by atomic mass is 10.1. The smallest absolute Gasteiger partial charge is 0.163 e. The maximum atomic E-state index is 5.71. The van der Waals surface area contributed by atoms with Gasteiger partial charge in [0.15, 0.2) is 11.5 Å². The summed E-state index contributed by atoms with van der Waals surface area (Å²) in [7, 11) is 0. The number of ether oxygens (including phenoxy) is 2. The number of rotatable bonds is 3. The zero-order valence-corrected chi connectivity index (χ0v) is 13.9. The van der Waals surface area contributed by atoms with Crippen molar-refractivity contribution in [2.75, 3.05) is 25.1 Å². The van der Waals surface area contributed by atoms with Crippen LogP contribution in [0.15, 0.2) is 35.7 Å². The van der Waals surface area contributed by atoms with Gasteiger partial charge in [0.25, 0.3) is 0 Å². The molecule has 0 aliphatic carbocycles. The fraction of sp³-hybridized carbons (Fsp3) is 0.278. The molecule has 0 saturated heterocycles. The molecule has 3 aromatic rings. The largest absolute Gasteiger partial charge is 0.486 e. The van der Waals surface area contributed by atoms with Crippen LogP contribution in [0.1, 0.15) is 16.1 Å². The number of thiophene rings is 1. The van der Waals surface area contributed by atoms with Crippen molar-refractivity contribution in [2.24, 2.45) is 0 Å². The molecule has 2 aliphatic heterocycles. The molecule has 1 N–H and O–H groups in total. The molecule has 0 spiro atoms. The summed E-state index contributed by atoms with van der Waals surface area (Å²) in [6.07, 6.45) is 1.92. The predicted molar refractivity (Wildman–Crippen MR) is 93.9 cm³/mol. The topological polar surface area (TPSA) is 48.3 Å². The van der Waals surface area contributed by atoms with E-state index in [1.54, 1.807) is 11.3 Å². The van der Waals surface area contributed by atoms with Crippen molar-refractivity contribution < 1.29 is 9.47 Å². The van der Waals surface area contributed by atoms with Crippen LogP contribution in [0.25, 0.3) is 5.69 Å². The molecule has 2 aliphatic rings. The molecular weight excluding hydrogens is 322 g/mol. The Morgan fingerprint density at radius 3 is 2.96 bits per heavy atom. The second kappa shape index (κ2) is 5.56. The summed E-state index contributed by atoms with van der Waals surface area (Å²) in [5.41, 5.74) is 3.49. The molecular formula is C18H17N3O2S. The number of nitrogens with zero attached hydrogens (tertiary/aromatic N) is 2. The summed E-state index contributed by atoms with van der Waals surface area (Å²) in [5.74, 6) is 2.71. The number of benzene rings is 1. The molecule has 5 nitrogen and oxygen atoms in total. The van der Waals surface area contributed by atoms with Crippen molar-refractivity contribution in [2.45, 2.75) is 12.8 Å². The molecule has 24 heavy (non-hydrogen) atoms. The van der Waals surface area contributed by atoms with Gasteiger partial charge in [0, 0.05) is 29.5 Å². The highest BCUT2D eigenvalue weighted by molar-refractivity contribution is 7.09. The average molecular weight is 339 g/mol. The predicted octanol–water partition coefficient (Wildman–Crippen LogP) is 3.26. The summed E-state index contributed by atoms with van der Waals surface area (Å²) in [4.78, 5) is 1.34. The third kappa shape index (κ3) is 2.26. The van der Waals surface area contributed by atoms with Crippen LogP contribution in [0.5, 0.6) is 11.5 Å². The highest BCUT2D eigenvalue weighted by Gasteiger charge is 2.24. The van der Waals surface area contributed by atoms with Crippen molar-refractivity contribution in [1.82, 2.24) is 9.78 Å². The van der Waals surface area contributed by atoms with Crippen LogP contribution >= 0.6 is 11.3 Å². The minimum Gasteiger partial charge on any atom is -0.486 e. The first-order valence-corrected chi connectivity index (χ1v) is 9.03. The van der Waals surface area contributed by atoms with Crippen LogP contribution < -0.4 is 14.8 Å². The fourth-order valence-electron chi connectivity index (χ4n) is 3.32. The summed E-state index contributed by atoms with van der Waals surface area (Å²) < 4.78 is 13.3. The molecule has 0 radical (unpaired) electrons. The summed E-state index contributed by atoms with van der Waals surface area (Å²) in [6, 6.07) is 10.3. The normalized spacial score (nSPS) is 15.2. The molecule has 4 heterocycles. The molecule has 0 saturated carbocycles. The van der Waals surface area contributed by atoms with Gasteiger partial charge in [-0.1, -0.05) is 6.07 Å². The van der Waals surface area contributed by atoms with Crippen molar-refractivity contribution in [3.8, 4) is 17.2 Å². The monoisotopic (exact) mass is 339 g/mol. The highest BCUT2D eigenvalue weighted by atomic mass is 32.1. The third-order valence-corrected chi connectivity index (χ3v) is 5.30. The quantitative estimate of drug-likeness (QED) is 0.796. The Morgan fingerprint density at radius 1 is 1.17 bits per heavy atom. The molecule has 0 unspecified atom stereocenters. The van der Waals surface area contributed by atoms with E-state index in [0.29, 0.717) is 13.2 Å². The Kier molecular flexibility index (Phi) is 3.23. The van der Waals surface area contributed by atoms with E-state index in [9.17, 15) is 0 Å². The van der Waals surface area contributed by atoms with Gasteiger partial charge in [0.2, 0.25) is 0 Å². The first kappa shape index (κ1) is 13.9. The lowest BCUT2D eigenvalue weighted by Crippen LogP contribution is -2.15. The lowest BCUT2D eigenvalue weighted by molar-refractivity contribution is 0.171. The van der Waals surface area contributed by atoms with Gasteiger partial charge < -0.3 is 14.8 Å². The molecule has 6 heteroatoms. The molecule has 0 fully saturated rings. The zero-order valence-electron chi connectivity index (χ0n) is 13.1. The Morgan fingerprint density at radius 2 is 2.08 bits per heavy atom. The molecule has 1 aromatic carbocycles. The molecule has 0 atom stereocenters. The molecule has 2 aromatic heterocycles. The Bertz CT molecular complexity index is 886. The highest BCUT2D eigenvalue weighted by Crippen LogP contribution is 2.35. The Hall–Kier alpha value is -2.47. The van der Waals surface area contributed by atoms with Crippen LogP contribution in [-0.4, -0.2) is 29.5 Å². The van der Waals surface area contributed by atoms with Gasteiger partial charge in [-0.15, -0.1) is 11.3 Å². The van der Waals surface area contributed by atoms with Gasteiger partial charge in [-0.05, 0) is 30.0 Å². The van der Waals surface area contributed by atoms with Crippen LogP contribution in [-0.2, 0) is 12.8 Å². The number of hydrogen-bond acceptors (Lipinski definition) is 5. The van der Waals surface area contributed by atoms with Gasteiger partial charge in [0.05, 0.1) is 11.4 Å². The van der Waals surface area contributed by atoms with E-state index < -0.39 is 0 Å². The Labute approximate surface area is 143 Å². The molecule has 0 bridgehead atoms. The Balaban J connectivity index is 1.56. The van der Waals surface area contributed by atoms with Gasteiger partial charge in [-0.3, -0.25) is 0 Å². The van der Waals surface area contributed by atoms with Crippen molar-refractivity contribution in [1.29, 1.82) is 0 Å². The van der Waals surface area contributed by atoms with Crippen LogP contribution in [0, 0.1) is 0 Å². The zero-order chi connectivity index (χ0) is 15.9. The lowest BCUT2D eigenvalue weighted by Gasteiger charge is -2.19. The van der Waals surface area contributed by atoms with Crippen molar-refractivity contribution in [3.05, 3.63) is 51.8 Å². The number of hydrogen-bond donors (Lipinski definition) is 1. The first-order chi connectivity index (χ1) is 11.9. The fourth-order valence-corrected chi connectivity index (χ4v) is 4.03. The van der Waals surface area contributed by atoms with Gasteiger partial charge in [-0.2, -0.15) is 5.10 Å². The van der Waals surface area contributed by atoms with E-state index in [2.05, 4.69) is 22.8 Å². The standard InChI is InChI=1S/C18H17N3O2S/c1-2-13(24-9-1)11-15-14-5-6-19-18(14)21(20-15)12-3-4-16-17(10-12)23-8-7-22-16/h1-4,9-10,19H,5-8,11H2. The van der Waals surface area contributed by atoms with Crippen LogP contribution in [0.3, 0.4) is 0 Å². The summed E-state index contributed by atoms with van der Waals surface area (Å²) in [6.45, 7) is 2.17. The molecule has 5 rings (SSSR count). The SMILES string of the molecule is c1csc(Cc2nn(-c3ccc4c(c3)OCCO4)c3c2CCN3)c1. The van der Waals surface area contributed by atoms with Crippen molar-refractivity contribution >= 4 is 17.2 Å². The molecule has 0 amide bonds. The minimum absolute atomic E-state index is 0.593. The summed E-state index contributed by atoms with van der Waals surface area (Å²) >= 11 is 1.78. The van der Waals surface area contributed by atoms with E-state index in [1.807, 2.05) is 22.9 Å². The maximum absolute atomic E-state index is 5.71. The molecule has 122 valence electrons. The van der Waals surface area contributed by atoms with Gasteiger partial charge >= 0.3 is 0 Å². The van der Waals surface area contributed by atoms with Gasteiger partial charge in [-0.25, -0.2) is 4.68 Å². The second-order valence-corrected chi connectivity index (χ2v) is 6.98. The number of nitrogens with one attached hydrogen (secondary N) is 1. The maximum Gasteiger partial charge on any atom is 0.163 e. The van der Waals surface area contributed by atoms with E-state index in [4.69, 9.17) is 14.6 Å². The summed E-state index contributed by atoms with van der Waals surface area (Å²) in [5, 5.41) is 10.5. The second-order valence-electron chi connectivity index (χ2n) is 5.95. The average Bonchev–Trinajstić information content (AvgIpc) is 3.34. The van der Waals surface area contributed by atoms with E-state index in [0.717, 1.165) is 48.1 Å². The van der Waals surface area contributed by atoms with Crippen LogP contribution in [0.4, 0.5) is 5.82 Å². The van der Waals surface area contributed by atoms with Crippen molar-refractivity contribution in [3.63, 3.8) is 0 Å².